The normalized spacial score (nSPS) is 23.9. The molecule has 1 aliphatic rings. The Kier molecular flexibility index (Phi) is 3.49. The van der Waals surface area contributed by atoms with Gasteiger partial charge in [-0.25, -0.2) is 4.98 Å². The highest BCUT2D eigenvalue weighted by Crippen LogP contribution is 2.22. The summed E-state index contributed by atoms with van der Waals surface area (Å²) in [7, 11) is 1.86. The van der Waals surface area contributed by atoms with E-state index in [0.29, 0.717) is 6.54 Å². The number of hydrogen-bond acceptors (Lipinski definition) is 4. The minimum absolute atomic E-state index is 0.182. The van der Waals surface area contributed by atoms with Crippen molar-refractivity contribution in [3.8, 4) is 0 Å². The molecule has 1 unspecified atom stereocenters. The van der Waals surface area contributed by atoms with Gasteiger partial charge < -0.3 is 10.2 Å². The van der Waals surface area contributed by atoms with Crippen LogP contribution in [0.5, 0.6) is 0 Å². The van der Waals surface area contributed by atoms with Crippen LogP contribution in [0.15, 0.2) is 6.20 Å². The second-order valence-corrected chi connectivity index (χ2v) is 6.19. The average Bonchev–Trinajstić information content (AvgIpc) is 2.88. The molecular formula is C12H19N3OS. The molecule has 1 saturated heterocycles. The number of likely N-dealkylation sites (N-methyl/N-ethyl adjacent to an activating group) is 1. The van der Waals surface area contributed by atoms with E-state index < -0.39 is 0 Å². The van der Waals surface area contributed by atoms with Crippen molar-refractivity contribution in [1.29, 1.82) is 0 Å². The van der Waals surface area contributed by atoms with Gasteiger partial charge in [0.2, 0.25) is 5.91 Å². The predicted octanol–water partition coefficient (Wildman–Crippen LogP) is 1.55. The number of carbonyl (C=O) groups excluding carboxylic acids is 1. The molecule has 1 atom stereocenters. The molecule has 0 bridgehead atoms. The first-order chi connectivity index (χ1) is 8.01. The zero-order valence-corrected chi connectivity index (χ0v) is 11.4. The van der Waals surface area contributed by atoms with Crippen molar-refractivity contribution in [3.05, 3.63) is 16.1 Å². The standard InChI is InChI=1S/C12H19N3OS/c1-9-13-7-10(17-9)8-15(3)11(16)12(2)5-4-6-14-12/h7,14H,4-6,8H2,1-3H3. The molecule has 2 heterocycles. The molecule has 1 aromatic rings. The van der Waals surface area contributed by atoms with E-state index in [9.17, 15) is 4.79 Å². The Morgan fingerprint density at radius 1 is 1.71 bits per heavy atom. The lowest BCUT2D eigenvalue weighted by atomic mass is 9.98. The van der Waals surface area contributed by atoms with E-state index >= 15 is 0 Å². The quantitative estimate of drug-likeness (QED) is 0.889. The van der Waals surface area contributed by atoms with E-state index in [1.165, 1.54) is 0 Å². The molecule has 1 N–H and O–H groups in total. The van der Waals surface area contributed by atoms with Crippen molar-refractivity contribution in [2.45, 2.75) is 38.8 Å². The highest BCUT2D eigenvalue weighted by Gasteiger charge is 2.37. The summed E-state index contributed by atoms with van der Waals surface area (Å²) in [5, 5.41) is 4.35. The Morgan fingerprint density at radius 3 is 3.00 bits per heavy atom. The zero-order valence-electron chi connectivity index (χ0n) is 10.6. The first-order valence-corrected chi connectivity index (χ1v) is 6.75. The number of carbonyl (C=O) groups is 1. The summed E-state index contributed by atoms with van der Waals surface area (Å²) in [5.74, 6) is 0.182. The van der Waals surface area contributed by atoms with Crippen molar-refractivity contribution in [2.75, 3.05) is 13.6 Å². The third kappa shape index (κ3) is 2.66. The molecule has 94 valence electrons. The molecule has 1 aromatic heterocycles. The van der Waals surface area contributed by atoms with Gasteiger partial charge in [0.05, 0.1) is 17.1 Å². The van der Waals surface area contributed by atoms with Gasteiger partial charge in [0, 0.05) is 18.1 Å². The fraction of sp³-hybridized carbons (Fsp3) is 0.667. The number of nitrogens with zero attached hydrogens (tertiary/aromatic N) is 2. The Hall–Kier alpha value is -0.940. The van der Waals surface area contributed by atoms with Gasteiger partial charge in [-0.05, 0) is 33.2 Å². The number of rotatable bonds is 3. The third-order valence-electron chi connectivity index (χ3n) is 3.25. The third-order valence-corrected chi connectivity index (χ3v) is 4.15. The zero-order chi connectivity index (χ0) is 12.5. The molecule has 0 spiro atoms. The molecule has 1 aliphatic heterocycles. The smallest absolute Gasteiger partial charge is 0.242 e. The fourth-order valence-corrected chi connectivity index (χ4v) is 3.13. The molecule has 0 saturated carbocycles. The Bertz CT molecular complexity index is 410. The van der Waals surface area contributed by atoms with Crippen LogP contribution in [0.25, 0.3) is 0 Å². The van der Waals surface area contributed by atoms with Crippen LogP contribution in [0, 0.1) is 6.92 Å². The Balaban J connectivity index is 2.00. The monoisotopic (exact) mass is 253 g/mol. The average molecular weight is 253 g/mol. The predicted molar refractivity (Wildman–Crippen MR) is 69.0 cm³/mol. The number of aryl methyl sites for hydroxylation is 1. The largest absolute Gasteiger partial charge is 0.339 e. The van der Waals surface area contributed by atoms with Gasteiger partial charge in [-0.2, -0.15) is 0 Å². The van der Waals surface area contributed by atoms with Crippen LogP contribution in [0.1, 0.15) is 29.7 Å². The van der Waals surface area contributed by atoms with Crippen molar-refractivity contribution in [1.82, 2.24) is 15.2 Å². The summed E-state index contributed by atoms with van der Waals surface area (Å²) in [6, 6.07) is 0. The van der Waals surface area contributed by atoms with Crippen molar-refractivity contribution < 1.29 is 4.79 Å². The maximum atomic E-state index is 12.3. The van der Waals surface area contributed by atoms with Gasteiger partial charge in [-0.3, -0.25) is 4.79 Å². The number of aromatic nitrogens is 1. The lowest BCUT2D eigenvalue weighted by molar-refractivity contribution is -0.136. The number of thiazole rings is 1. The minimum atomic E-state index is -0.367. The molecule has 1 fully saturated rings. The Labute approximate surface area is 106 Å². The molecule has 1 amide bonds. The minimum Gasteiger partial charge on any atom is -0.339 e. The van der Waals surface area contributed by atoms with E-state index in [4.69, 9.17) is 0 Å². The maximum absolute atomic E-state index is 12.3. The van der Waals surface area contributed by atoms with E-state index in [0.717, 1.165) is 29.3 Å². The molecule has 0 aromatic carbocycles. The lowest BCUT2D eigenvalue weighted by Crippen LogP contribution is -2.51. The van der Waals surface area contributed by atoms with E-state index in [1.54, 1.807) is 16.2 Å². The molecular weight excluding hydrogens is 234 g/mol. The summed E-state index contributed by atoms with van der Waals surface area (Å²) >= 11 is 1.65. The van der Waals surface area contributed by atoms with Crippen LogP contribution in [-0.2, 0) is 11.3 Å². The van der Waals surface area contributed by atoms with Crippen molar-refractivity contribution >= 4 is 17.2 Å². The van der Waals surface area contributed by atoms with Crippen LogP contribution < -0.4 is 5.32 Å². The summed E-state index contributed by atoms with van der Waals surface area (Å²) in [5.41, 5.74) is -0.367. The SMILES string of the molecule is Cc1ncc(CN(C)C(=O)C2(C)CCCN2)s1. The number of amides is 1. The van der Waals surface area contributed by atoms with Gasteiger partial charge in [-0.1, -0.05) is 0 Å². The lowest BCUT2D eigenvalue weighted by Gasteiger charge is -2.28. The van der Waals surface area contributed by atoms with Crippen molar-refractivity contribution in [3.63, 3.8) is 0 Å². The summed E-state index contributed by atoms with van der Waals surface area (Å²) in [4.78, 5) is 19.5. The van der Waals surface area contributed by atoms with E-state index in [-0.39, 0.29) is 11.4 Å². The Morgan fingerprint density at radius 2 is 2.47 bits per heavy atom. The summed E-state index contributed by atoms with van der Waals surface area (Å²) in [6.45, 7) is 5.57. The number of nitrogens with one attached hydrogen (secondary N) is 1. The topological polar surface area (TPSA) is 45.2 Å². The van der Waals surface area contributed by atoms with Gasteiger partial charge in [0.1, 0.15) is 0 Å². The second kappa shape index (κ2) is 4.74. The maximum Gasteiger partial charge on any atom is 0.242 e. The van der Waals surface area contributed by atoms with E-state index in [2.05, 4.69) is 10.3 Å². The van der Waals surface area contributed by atoms with Crippen molar-refractivity contribution in [2.24, 2.45) is 0 Å². The molecule has 17 heavy (non-hydrogen) atoms. The molecule has 0 aliphatic carbocycles. The van der Waals surface area contributed by atoms with Crippen LogP contribution in [0.3, 0.4) is 0 Å². The van der Waals surface area contributed by atoms with Gasteiger partial charge >= 0.3 is 0 Å². The first kappa shape index (κ1) is 12.5. The van der Waals surface area contributed by atoms with E-state index in [1.807, 2.05) is 27.1 Å². The first-order valence-electron chi connectivity index (χ1n) is 5.93. The molecule has 4 nitrogen and oxygen atoms in total. The fourth-order valence-electron chi connectivity index (χ4n) is 2.28. The summed E-state index contributed by atoms with van der Waals surface area (Å²) in [6.07, 6.45) is 3.86. The summed E-state index contributed by atoms with van der Waals surface area (Å²) < 4.78 is 0. The van der Waals surface area contributed by atoms with Crippen LogP contribution in [0.4, 0.5) is 0 Å². The molecule has 0 radical (unpaired) electrons. The van der Waals surface area contributed by atoms with Gasteiger partial charge in [0.25, 0.3) is 0 Å². The van der Waals surface area contributed by atoms with Gasteiger partial charge in [-0.15, -0.1) is 11.3 Å². The van der Waals surface area contributed by atoms with Crippen LogP contribution in [-0.4, -0.2) is 34.9 Å². The van der Waals surface area contributed by atoms with Crippen LogP contribution in [0.2, 0.25) is 0 Å². The number of hydrogen-bond donors (Lipinski definition) is 1. The second-order valence-electron chi connectivity index (χ2n) is 4.87. The highest BCUT2D eigenvalue weighted by molar-refractivity contribution is 7.11. The van der Waals surface area contributed by atoms with Gasteiger partial charge in [0.15, 0.2) is 0 Å². The molecule has 2 rings (SSSR count). The van der Waals surface area contributed by atoms with Crippen LogP contribution >= 0.6 is 11.3 Å². The molecule has 5 heteroatoms. The highest BCUT2D eigenvalue weighted by atomic mass is 32.1.